The number of rotatable bonds is 4. The van der Waals surface area contributed by atoms with Gasteiger partial charge in [-0.25, -0.2) is 13.2 Å². The third-order valence-corrected chi connectivity index (χ3v) is 4.54. The summed E-state index contributed by atoms with van der Waals surface area (Å²) in [5, 5.41) is 20.1. The number of benzene rings is 1. The van der Waals surface area contributed by atoms with Gasteiger partial charge in [0.05, 0.1) is 23.0 Å². The Kier molecular flexibility index (Phi) is 4.85. The summed E-state index contributed by atoms with van der Waals surface area (Å²) in [5.41, 5.74) is -0.834. The van der Waals surface area contributed by atoms with E-state index in [1.54, 1.807) is 0 Å². The zero-order valence-electron chi connectivity index (χ0n) is 12.5. The van der Waals surface area contributed by atoms with Gasteiger partial charge in [-0.3, -0.25) is 14.9 Å². The lowest BCUT2D eigenvalue weighted by molar-refractivity contribution is -0.385. The molecule has 1 unspecified atom stereocenters. The molecule has 0 saturated carbocycles. The summed E-state index contributed by atoms with van der Waals surface area (Å²) in [7, 11) is -3.79. The van der Waals surface area contributed by atoms with Crippen LogP contribution < -0.4 is 0 Å². The second-order valence-corrected chi connectivity index (χ2v) is 7.19. The molecule has 0 bridgehead atoms. The number of ether oxygens (including phenoxy) is 1. The molecule has 1 aliphatic rings. The van der Waals surface area contributed by atoms with Crippen molar-refractivity contribution in [3.63, 3.8) is 0 Å². The Hall–Kier alpha value is -2.53. The van der Waals surface area contributed by atoms with E-state index in [4.69, 9.17) is 9.84 Å². The van der Waals surface area contributed by atoms with Crippen molar-refractivity contribution in [2.45, 2.75) is 10.9 Å². The Balaban J connectivity index is 2.50. The predicted octanol–water partition coefficient (Wildman–Crippen LogP) is -0.0761. The van der Waals surface area contributed by atoms with Crippen LogP contribution in [0.5, 0.6) is 0 Å². The molecular weight excluding hydrogens is 344 g/mol. The van der Waals surface area contributed by atoms with Gasteiger partial charge in [0.1, 0.15) is 0 Å². The Morgan fingerprint density at radius 2 is 2.04 bits per heavy atom. The monoisotopic (exact) mass is 358 g/mol. The van der Waals surface area contributed by atoms with E-state index in [9.17, 15) is 28.1 Å². The van der Waals surface area contributed by atoms with Crippen molar-refractivity contribution >= 4 is 27.4 Å². The van der Waals surface area contributed by atoms with E-state index < -0.39 is 38.4 Å². The van der Waals surface area contributed by atoms with Crippen molar-refractivity contribution in [1.29, 1.82) is 0 Å². The van der Waals surface area contributed by atoms with Crippen LogP contribution in [0.4, 0.5) is 5.69 Å². The van der Waals surface area contributed by atoms with E-state index in [0.717, 1.165) is 29.4 Å². The van der Waals surface area contributed by atoms with E-state index >= 15 is 0 Å². The highest BCUT2D eigenvalue weighted by Crippen LogP contribution is 2.23. The molecule has 24 heavy (non-hydrogen) atoms. The second kappa shape index (κ2) is 6.53. The number of amides is 1. The minimum absolute atomic E-state index is 0.0211. The summed E-state index contributed by atoms with van der Waals surface area (Å²) in [5.74, 6) is -2.09. The fourth-order valence-corrected chi connectivity index (χ4v) is 2.92. The van der Waals surface area contributed by atoms with Crippen molar-refractivity contribution in [2.75, 3.05) is 26.0 Å². The van der Waals surface area contributed by atoms with Crippen LogP contribution in [0.3, 0.4) is 0 Å². The smallest absolute Gasteiger partial charge is 0.328 e. The maximum atomic E-state index is 12.6. The number of aliphatic carboxylic acids is 1. The molecule has 1 aromatic carbocycles. The first-order valence-corrected chi connectivity index (χ1v) is 8.61. The number of carbonyl (C=O) groups excluding carboxylic acids is 1. The summed E-state index contributed by atoms with van der Waals surface area (Å²) >= 11 is 0. The van der Waals surface area contributed by atoms with Gasteiger partial charge in [0.25, 0.3) is 11.6 Å². The van der Waals surface area contributed by atoms with Crippen molar-refractivity contribution in [3.05, 3.63) is 33.9 Å². The molecule has 1 atom stereocenters. The average molecular weight is 358 g/mol. The van der Waals surface area contributed by atoms with Crippen LogP contribution in [0.25, 0.3) is 0 Å². The van der Waals surface area contributed by atoms with Crippen molar-refractivity contribution in [1.82, 2.24) is 4.90 Å². The minimum Gasteiger partial charge on any atom is -0.480 e. The third-order valence-electron chi connectivity index (χ3n) is 3.45. The lowest BCUT2D eigenvalue weighted by Crippen LogP contribution is -2.52. The molecule has 11 heteroatoms. The van der Waals surface area contributed by atoms with Crippen LogP contribution in [0.1, 0.15) is 10.4 Å². The molecule has 1 heterocycles. The van der Waals surface area contributed by atoms with Crippen LogP contribution in [-0.2, 0) is 19.4 Å². The van der Waals surface area contributed by atoms with Crippen LogP contribution >= 0.6 is 0 Å². The molecule has 0 aromatic heterocycles. The fourth-order valence-electron chi connectivity index (χ4n) is 2.24. The molecule has 10 nitrogen and oxygen atoms in total. The highest BCUT2D eigenvalue weighted by molar-refractivity contribution is 7.90. The SMILES string of the molecule is CS(=O)(=O)c1cc(C(=O)N2CCOCC2C(=O)O)cc([N+](=O)[O-])c1. The maximum absolute atomic E-state index is 12.6. The van der Waals surface area contributed by atoms with Crippen molar-refractivity contribution in [3.8, 4) is 0 Å². The van der Waals surface area contributed by atoms with Gasteiger partial charge in [-0.2, -0.15) is 0 Å². The van der Waals surface area contributed by atoms with Crippen molar-refractivity contribution in [2.24, 2.45) is 0 Å². The van der Waals surface area contributed by atoms with E-state index in [1.165, 1.54) is 0 Å². The Bertz CT molecular complexity index is 804. The number of sulfone groups is 1. The summed E-state index contributed by atoms with van der Waals surface area (Å²) in [6.07, 6.45) is 0.856. The topological polar surface area (TPSA) is 144 Å². The molecule has 1 fully saturated rings. The second-order valence-electron chi connectivity index (χ2n) is 5.17. The molecule has 1 amide bonds. The molecule has 1 aromatic rings. The average Bonchev–Trinajstić information content (AvgIpc) is 2.52. The number of hydrogen-bond donors (Lipinski definition) is 1. The molecule has 0 spiro atoms. The van der Waals surface area contributed by atoms with Crippen LogP contribution in [0.2, 0.25) is 0 Å². The minimum atomic E-state index is -3.79. The highest BCUT2D eigenvalue weighted by Gasteiger charge is 2.34. The third kappa shape index (κ3) is 3.68. The van der Waals surface area contributed by atoms with E-state index in [2.05, 4.69) is 0 Å². The summed E-state index contributed by atoms with van der Waals surface area (Å²) in [6, 6.07) is 1.53. The number of morpholine rings is 1. The Morgan fingerprint density at radius 1 is 1.38 bits per heavy atom. The fraction of sp³-hybridized carbons (Fsp3) is 0.385. The molecule has 130 valence electrons. The van der Waals surface area contributed by atoms with E-state index in [-0.39, 0.29) is 30.2 Å². The maximum Gasteiger partial charge on any atom is 0.328 e. The number of carbonyl (C=O) groups is 2. The lowest BCUT2D eigenvalue weighted by Gasteiger charge is -2.32. The summed E-state index contributed by atoms with van der Waals surface area (Å²) in [6.45, 7) is -0.120. The van der Waals surface area contributed by atoms with Crippen LogP contribution in [0, 0.1) is 10.1 Å². The molecule has 2 rings (SSSR count). The zero-order chi connectivity index (χ0) is 18.1. The van der Waals surface area contributed by atoms with Gasteiger partial charge in [0, 0.05) is 30.5 Å². The Labute approximate surface area is 136 Å². The van der Waals surface area contributed by atoms with Crippen molar-refractivity contribution < 1.29 is 32.8 Å². The highest BCUT2D eigenvalue weighted by atomic mass is 32.2. The number of carboxylic acid groups (broad SMARTS) is 1. The quantitative estimate of drug-likeness (QED) is 0.581. The molecule has 0 radical (unpaired) electrons. The first-order valence-electron chi connectivity index (χ1n) is 6.72. The predicted molar refractivity (Wildman–Crippen MR) is 79.5 cm³/mol. The molecule has 1 saturated heterocycles. The normalized spacial score (nSPS) is 18.2. The van der Waals surface area contributed by atoms with Crippen LogP contribution in [0.15, 0.2) is 23.1 Å². The number of non-ortho nitro benzene ring substituents is 1. The van der Waals surface area contributed by atoms with Gasteiger partial charge in [0.2, 0.25) is 0 Å². The number of hydrogen-bond acceptors (Lipinski definition) is 7. The van der Waals surface area contributed by atoms with Gasteiger partial charge in [-0.15, -0.1) is 0 Å². The lowest BCUT2D eigenvalue weighted by atomic mass is 10.1. The Morgan fingerprint density at radius 3 is 2.58 bits per heavy atom. The summed E-state index contributed by atoms with van der Waals surface area (Å²) < 4.78 is 28.4. The number of nitro benzene ring substituents is 1. The first-order chi connectivity index (χ1) is 11.1. The molecule has 1 aliphatic heterocycles. The van der Waals surface area contributed by atoms with E-state index in [1.807, 2.05) is 0 Å². The molecular formula is C13H14N2O8S. The van der Waals surface area contributed by atoms with Crippen LogP contribution in [-0.4, -0.2) is 67.3 Å². The largest absolute Gasteiger partial charge is 0.480 e. The molecule has 1 N–H and O–H groups in total. The van der Waals surface area contributed by atoms with Gasteiger partial charge >= 0.3 is 5.97 Å². The summed E-state index contributed by atoms with van der Waals surface area (Å²) in [4.78, 5) is 34.5. The first kappa shape index (κ1) is 17.8. The number of carboxylic acids is 1. The van der Waals surface area contributed by atoms with Gasteiger partial charge in [-0.1, -0.05) is 0 Å². The standard InChI is InChI=1S/C13H14N2O8S/c1-24(21,22)10-5-8(4-9(6-10)15(19)20)12(16)14-2-3-23-7-11(14)13(17)18/h4-6,11H,2-3,7H2,1H3,(H,17,18). The number of nitro groups is 1. The van der Waals surface area contributed by atoms with E-state index in [0.29, 0.717) is 0 Å². The number of nitrogens with zero attached hydrogens (tertiary/aromatic N) is 2. The van der Waals surface area contributed by atoms with Gasteiger partial charge in [-0.05, 0) is 6.07 Å². The molecule has 0 aliphatic carbocycles. The van der Waals surface area contributed by atoms with Gasteiger partial charge < -0.3 is 14.7 Å². The zero-order valence-corrected chi connectivity index (χ0v) is 13.4. The van der Waals surface area contributed by atoms with Gasteiger partial charge in [0.15, 0.2) is 15.9 Å².